The molecule has 0 saturated carbocycles. The molecule has 0 aromatic carbocycles. The van der Waals surface area contributed by atoms with Crippen molar-refractivity contribution >= 4 is 17.7 Å². The van der Waals surface area contributed by atoms with Gasteiger partial charge in [0.15, 0.2) is 11.0 Å². The Morgan fingerprint density at radius 3 is 2.72 bits per heavy atom. The summed E-state index contributed by atoms with van der Waals surface area (Å²) in [5.74, 6) is 1.05. The zero-order valence-corrected chi connectivity index (χ0v) is 15.5. The van der Waals surface area contributed by atoms with E-state index in [1.54, 1.807) is 19.3 Å². The van der Waals surface area contributed by atoms with Gasteiger partial charge in [0.2, 0.25) is 5.91 Å². The van der Waals surface area contributed by atoms with Crippen LogP contribution in [0.5, 0.6) is 0 Å². The lowest BCUT2D eigenvalue weighted by atomic mass is 10.1. The van der Waals surface area contributed by atoms with E-state index in [0.717, 1.165) is 25.9 Å². The standard InChI is InChI=1S/C17H23N5O2S/c1-3-22-15(13-8-7-9-20(2)16(13)24)18-19-17(22)25-12-14(23)21-10-5-4-6-11-21/h7-9H,3-6,10-12H2,1-2H3. The first-order valence-corrected chi connectivity index (χ1v) is 9.60. The van der Waals surface area contributed by atoms with E-state index in [9.17, 15) is 9.59 Å². The average Bonchev–Trinajstić information content (AvgIpc) is 3.05. The summed E-state index contributed by atoms with van der Waals surface area (Å²) in [5, 5.41) is 9.09. The van der Waals surface area contributed by atoms with E-state index in [2.05, 4.69) is 10.2 Å². The highest BCUT2D eigenvalue weighted by Gasteiger charge is 2.20. The van der Waals surface area contributed by atoms with Gasteiger partial charge in [0.1, 0.15) is 0 Å². The first-order valence-electron chi connectivity index (χ1n) is 8.61. The van der Waals surface area contributed by atoms with Gasteiger partial charge in [-0.15, -0.1) is 10.2 Å². The van der Waals surface area contributed by atoms with Crippen molar-refractivity contribution in [1.82, 2.24) is 24.2 Å². The number of hydrogen-bond acceptors (Lipinski definition) is 5. The second-order valence-electron chi connectivity index (χ2n) is 6.12. The third-order valence-electron chi connectivity index (χ3n) is 4.43. The Balaban J connectivity index is 1.77. The predicted molar refractivity (Wildman–Crippen MR) is 97.5 cm³/mol. The molecule has 0 bridgehead atoms. The van der Waals surface area contributed by atoms with Gasteiger partial charge < -0.3 is 14.0 Å². The number of nitrogens with zero attached hydrogens (tertiary/aromatic N) is 5. The summed E-state index contributed by atoms with van der Waals surface area (Å²) in [6, 6.07) is 3.57. The minimum Gasteiger partial charge on any atom is -0.342 e. The molecule has 0 radical (unpaired) electrons. The third-order valence-corrected chi connectivity index (χ3v) is 5.38. The van der Waals surface area contributed by atoms with Crippen LogP contribution in [0.1, 0.15) is 26.2 Å². The number of rotatable bonds is 5. The lowest BCUT2D eigenvalue weighted by Gasteiger charge is -2.26. The van der Waals surface area contributed by atoms with Crippen LogP contribution in [0.25, 0.3) is 11.4 Å². The average molecular weight is 361 g/mol. The highest BCUT2D eigenvalue weighted by atomic mass is 32.2. The van der Waals surface area contributed by atoms with Crippen molar-refractivity contribution in [3.05, 3.63) is 28.7 Å². The smallest absolute Gasteiger partial charge is 0.261 e. The lowest BCUT2D eigenvalue weighted by molar-refractivity contribution is -0.129. The number of carbonyl (C=O) groups excluding carboxylic acids is 1. The molecule has 1 saturated heterocycles. The summed E-state index contributed by atoms with van der Waals surface area (Å²) in [6.45, 7) is 4.33. The van der Waals surface area contributed by atoms with Crippen LogP contribution in [0, 0.1) is 0 Å². The maximum absolute atomic E-state index is 12.3. The molecule has 2 aromatic heterocycles. The van der Waals surface area contributed by atoms with Gasteiger partial charge >= 0.3 is 0 Å². The number of amides is 1. The molecule has 1 fully saturated rings. The van der Waals surface area contributed by atoms with Crippen LogP contribution in [0.3, 0.4) is 0 Å². The fraction of sp³-hybridized carbons (Fsp3) is 0.529. The molecule has 0 unspecified atom stereocenters. The molecule has 1 aliphatic rings. The molecule has 2 aromatic rings. The molecule has 3 heterocycles. The number of hydrogen-bond donors (Lipinski definition) is 0. The van der Waals surface area contributed by atoms with Gasteiger partial charge in [0.25, 0.3) is 5.56 Å². The van der Waals surface area contributed by atoms with E-state index in [1.807, 2.05) is 22.5 Å². The summed E-state index contributed by atoms with van der Waals surface area (Å²) < 4.78 is 3.42. The Labute approximate surface area is 151 Å². The normalized spacial score (nSPS) is 14.7. The SMILES string of the molecule is CCn1c(SCC(=O)N2CCCCC2)nnc1-c1cccn(C)c1=O. The minimum atomic E-state index is -0.106. The molecular formula is C17H23N5O2S. The van der Waals surface area contributed by atoms with Crippen molar-refractivity contribution in [2.24, 2.45) is 7.05 Å². The molecular weight excluding hydrogens is 338 g/mol. The quantitative estimate of drug-likeness (QED) is 0.759. The molecule has 0 atom stereocenters. The molecule has 8 heteroatoms. The Kier molecular flexibility index (Phi) is 5.57. The number of likely N-dealkylation sites (tertiary alicyclic amines) is 1. The van der Waals surface area contributed by atoms with Crippen LogP contribution in [-0.2, 0) is 18.4 Å². The van der Waals surface area contributed by atoms with Crippen LogP contribution in [0.4, 0.5) is 0 Å². The number of pyridine rings is 1. The van der Waals surface area contributed by atoms with Gasteiger partial charge in [-0.2, -0.15) is 0 Å². The lowest BCUT2D eigenvalue weighted by Crippen LogP contribution is -2.36. The van der Waals surface area contributed by atoms with Crippen molar-refractivity contribution in [2.45, 2.75) is 37.9 Å². The monoisotopic (exact) mass is 361 g/mol. The van der Waals surface area contributed by atoms with Crippen LogP contribution in [0.2, 0.25) is 0 Å². The van der Waals surface area contributed by atoms with E-state index in [-0.39, 0.29) is 11.5 Å². The highest BCUT2D eigenvalue weighted by Crippen LogP contribution is 2.23. The van der Waals surface area contributed by atoms with Crippen molar-refractivity contribution < 1.29 is 4.79 Å². The summed E-state index contributed by atoms with van der Waals surface area (Å²) in [7, 11) is 1.71. The molecule has 0 N–H and O–H groups in total. The molecule has 0 aliphatic carbocycles. The van der Waals surface area contributed by atoms with E-state index in [4.69, 9.17) is 0 Å². The molecule has 7 nitrogen and oxygen atoms in total. The number of thioether (sulfide) groups is 1. The Morgan fingerprint density at radius 2 is 2.00 bits per heavy atom. The van der Waals surface area contributed by atoms with E-state index in [1.165, 1.54) is 22.7 Å². The Bertz CT molecular complexity index is 808. The fourth-order valence-electron chi connectivity index (χ4n) is 3.01. The zero-order valence-electron chi connectivity index (χ0n) is 14.6. The van der Waals surface area contributed by atoms with Crippen molar-refractivity contribution in [1.29, 1.82) is 0 Å². The van der Waals surface area contributed by atoms with Crippen LogP contribution in [0.15, 0.2) is 28.3 Å². The van der Waals surface area contributed by atoms with Gasteiger partial charge in [-0.3, -0.25) is 9.59 Å². The first kappa shape index (κ1) is 17.7. The molecule has 25 heavy (non-hydrogen) atoms. The van der Waals surface area contributed by atoms with Gasteiger partial charge in [-0.05, 0) is 38.3 Å². The number of aryl methyl sites for hydroxylation is 1. The zero-order chi connectivity index (χ0) is 17.8. The maximum atomic E-state index is 12.3. The molecule has 1 amide bonds. The summed E-state index contributed by atoms with van der Waals surface area (Å²) in [5.41, 5.74) is 0.416. The molecule has 1 aliphatic heterocycles. The minimum absolute atomic E-state index is 0.106. The van der Waals surface area contributed by atoms with Gasteiger partial charge in [-0.25, -0.2) is 0 Å². The summed E-state index contributed by atoms with van der Waals surface area (Å²) in [6.07, 6.45) is 5.09. The number of piperidine rings is 1. The highest BCUT2D eigenvalue weighted by molar-refractivity contribution is 7.99. The van der Waals surface area contributed by atoms with Crippen molar-refractivity contribution in [2.75, 3.05) is 18.8 Å². The topological polar surface area (TPSA) is 73.0 Å². The third kappa shape index (κ3) is 3.78. The van der Waals surface area contributed by atoms with Crippen molar-refractivity contribution in [3.8, 4) is 11.4 Å². The fourth-order valence-corrected chi connectivity index (χ4v) is 3.91. The van der Waals surface area contributed by atoms with Crippen molar-refractivity contribution in [3.63, 3.8) is 0 Å². The first-order chi connectivity index (χ1) is 12.1. The molecule has 3 rings (SSSR count). The Hall–Kier alpha value is -2.09. The van der Waals surface area contributed by atoms with Crippen LogP contribution in [-0.4, -0.2) is 49.0 Å². The Morgan fingerprint density at radius 1 is 1.24 bits per heavy atom. The van der Waals surface area contributed by atoms with Gasteiger partial charge in [0, 0.05) is 32.9 Å². The van der Waals surface area contributed by atoms with E-state index < -0.39 is 0 Å². The largest absolute Gasteiger partial charge is 0.342 e. The van der Waals surface area contributed by atoms with E-state index in [0.29, 0.717) is 28.8 Å². The molecule has 0 spiro atoms. The second kappa shape index (κ2) is 7.86. The summed E-state index contributed by atoms with van der Waals surface area (Å²) >= 11 is 1.39. The number of carbonyl (C=O) groups is 1. The predicted octanol–water partition coefficient (Wildman–Crippen LogP) is 1.77. The van der Waals surface area contributed by atoms with Crippen LogP contribution >= 0.6 is 11.8 Å². The van der Waals surface area contributed by atoms with Crippen LogP contribution < -0.4 is 5.56 Å². The van der Waals surface area contributed by atoms with E-state index >= 15 is 0 Å². The van der Waals surface area contributed by atoms with Gasteiger partial charge in [-0.1, -0.05) is 11.8 Å². The molecule has 134 valence electrons. The summed E-state index contributed by atoms with van der Waals surface area (Å²) in [4.78, 5) is 26.6. The van der Waals surface area contributed by atoms with Gasteiger partial charge in [0.05, 0.1) is 11.3 Å². The second-order valence-corrected chi connectivity index (χ2v) is 7.06. The maximum Gasteiger partial charge on any atom is 0.261 e. The number of aromatic nitrogens is 4.